The molecule has 31 heavy (non-hydrogen) atoms. The fourth-order valence-corrected chi connectivity index (χ4v) is 4.12. The molecule has 1 aliphatic rings. The van der Waals surface area contributed by atoms with Crippen molar-refractivity contribution >= 4 is 23.4 Å². The van der Waals surface area contributed by atoms with Crippen LogP contribution >= 0.6 is 0 Å². The van der Waals surface area contributed by atoms with Crippen molar-refractivity contribution in [1.29, 1.82) is 0 Å². The Kier molecular flexibility index (Phi) is 6.37. The second kappa shape index (κ2) is 9.52. The lowest BCUT2D eigenvalue weighted by Gasteiger charge is -2.31. The number of urea groups is 1. The first kappa shape index (κ1) is 20.7. The number of nitrogens with one attached hydrogen (secondary N) is 1. The van der Waals surface area contributed by atoms with E-state index in [2.05, 4.69) is 36.5 Å². The van der Waals surface area contributed by atoms with E-state index < -0.39 is 0 Å². The van der Waals surface area contributed by atoms with Gasteiger partial charge in [0, 0.05) is 17.8 Å². The first-order chi connectivity index (χ1) is 15.2. The minimum Gasteiger partial charge on any atom is -0.497 e. The Balaban J connectivity index is 1.79. The van der Waals surface area contributed by atoms with Gasteiger partial charge in [0.05, 0.1) is 13.2 Å². The highest BCUT2D eigenvalue weighted by Crippen LogP contribution is 2.36. The van der Waals surface area contributed by atoms with Crippen molar-refractivity contribution in [3.05, 3.63) is 95.6 Å². The smallest absolute Gasteiger partial charge is 0.322 e. The molecular weight excluding hydrogens is 384 g/mol. The van der Waals surface area contributed by atoms with E-state index in [0.29, 0.717) is 6.54 Å². The van der Waals surface area contributed by atoms with Crippen molar-refractivity contribution in [2.75, 3.05) is 12.4 Å². The Morgan fingerprint density at radius 3 is 2.39 bits per heavy atom. The van der Waals surface area contributed by atoms with Crippen LogP contribution in [0.1, 0.15) is 36.5 Å². The van der Waals surface area contributed by atoms with Gasteiger partial charge in [0.15, 0.2) is 0 Å². The van der Waals surface area contributed by atoms with E-state index in [1.807, 2.05) is 65.6 Å². The van der Waals surface area contributed by atoms with E-state index in [1.54, 1.807) is 7.11 Å². The zero-order chi connectivity index (χ0) is 21.6. The van der Waals surface area contributed by atoms with Crippen LogP contribution < -0.4 is 10.1 Å². The first-order valence-corrected chi connectivity index (χ1v) is 10.8. The SMILES string of the molecule is CCCC1/C(=C\c2ccccc2)c2ccccc2NC(=O)N1Cc1ccc(OC)cc1. The van der Waals surface area contributed by atoms with Gasteiger partial charge in [-0.15, -0.1) is 0 Å². The van der Waals surface area contributed by atoms with Crippen LogP contribution in [0.3, 0.4) is 0 Å². The third-order valence-electron chi connectivity index (χ3n) is 5.67. The molecule has 1 N–H and O–H groups in total. The molecule has 0 aliphatic carbocycles. The third kappa shape index (κ3) is 4.64. The van der Waals surface area contributed by atoms with E-state index in [0.717, 1.165) is 46.5 Å². The van der Waals surface area contributed by atoms with Crippen molar-refractivity contribution < 1.29 is 9.53 Å². The van der Waals surface area contributed by atoms with Crippen molar-refractivity contribution in [2.45, 2.75) is 32.4 Å². The molecule has 4 heteroatoms. The van der Waals surface area contributed by atoms with Gasteiger partial charge in [-0.25, -0.2) is 4.79 Å². The monoisotopic (exact) mass is 412 g/mol. The van der Waals surface area contributed by atoms with E-state index in [4.69, 9.17) is 4.74 Å². The molecule has 1 unspecified atom stereocenters. The summed E-state index contributed by atoms with van der Waals surface area (Å²) in [4.78, 5) is 15.3. The van der Waals surface area contributed by atoms with Crippen molar-refractivity contribution in [3.8, 4) is 5.75 Å². The highest BCUT2D eigenvalue weighted by molar-refractivity contribution is 6.00. The molecule has 1 atom stereocenters. The largest absolute Gasteiger partial charge is 0.497 e. The van der Waals surface area contributed by atoms with Gasteiger partial charge in [-0.2, -0.15) is 0 Å². The number of ether oxygens (including phenoxy) is 1. The molecule has 0 aromatic heterocycles. The molecule has 3 aromatic carbocycles. The lowest BCUT2D eigenvalue weighted by atomic mass is 9.91. The molecule has 4 rings (SSSR count). The minimum atomic E-state index is -0.0711. The molecule has 1 heterocycles. The number of benzene rings is 3. The Labute approximate surface area is 184 Å². The summed E-state index contributed by atoms with van der Waals surface area (Å²) in [7, 11) is 1.66. The predicted molar refractivity (Wildman–Crippen MR) is 127 cm³/mol. The summed E-state index contributed by atoms with van der Waals surface area (Å²) in [5.74, 6) is 0.811. The number of carbonyl (C=O) groups excluding carboxylic acids is 1. The van der Waals surface area contributed by atoms with Gasteiger partial charge in [0.1, 0.15) is 5.75 Å². The molecule has 0 fully saturated rings. The van der Waals surface area contributed by atoms with E-state index in [-0.39, 0.29) is 12.1 Å². The molecule has 0 bridgehead atoms. The Morgan fingerprint density at radius 1 is 0.968 bits per heavy atom. The number of anilines is 1. The molecule has 0 saturated heterocycles. The fourth-order valence-electron chi connectivity index (χ4n) is 4.12. The zero-order valence-corrected chi connectivity index (χ0v) is 18.0. The summed E-state index contributed by atoms with van der Waals surface area (Å²) in [6, 6.07) is 26.2. The van der Waals surface area contributed by atoms with Crippen LogP contribution in [0.25, 0.3) is 11.6 Å². The van der Waals surface area contributed by atoms with Crippen LogP contribution in [0.5, 0.6) is 5.75 Å². The lowest BCUT2D eigenvalue weighted by Crippen LogP contribution is -2.41. The van der Waals surface area contributed by atoms with Crippen molar-refractivity contribution in [1.82, 2.24) is 4.90 Å². The summed E-state index contributed by atoms with van der Waals surface area (Å²) in [5.41, 5.74) is 5.30. The molecule has 0 saturated carbocycles. The summed E-state index contributed by atoms with van der Waals surface area (Å²) in [6.07, 6.45) is 4.09. The maximum Gasteiger partial charge on any atom is 0.322 e. The van der Waals surface area contributed by atoms with E-state index >= 15 is 0 Å². The van der Waals surface area contributed by atoms with Crippen molar-refractivity contribution in [2.24, 2.45) is 0 Å². The van der Waals surface area contributed by atoms with Crippen LogP contribution in [0.4, 0.5) is 10.5 Å². The summed E-state index contributed by atoms with van der Waals surface area (Å²) < 4.78 is 5.28. The number of hydrogen-bond donors (Lipinski definition) is 1. The van der Waals surface area contributed by atoms with Crippen molar-refractivity contribution in [3.63, 3.8) is 0 Å². The maximum absolute atomic E-state index is 13.4. The molecule has 2 amide bonds. The van der Waals surface area contributed by atoms with Gasteiger partial charge < -0.3 is 15.0 Å². The maximum atomic E-state index is 13.4. The van der Waals surface area contributed by atoms with Gasteiger partial charge in [-0.3, -0.25) is 0 Å². The molecule has 3 aromatic rings. The standard InChI is InChI=1S/C27H28N2O2/c1-3-9-26-24(18-20-10-5-4-6-11-20)23-12-7-8-13-25(23)28-27(30)29(26)19-21-14-16-22(31-2)17-15-21/h4-8,10-18,26H,3,9,19H2,1-2H3,(H,28,30)/b24-18-. The van der Waals surface area contributed by atoms with Crippen LogP contribution in [0.15, 0.2) is 78.9 Å². The second-order valence-corrected chi connectivity index (χ2v) is 7.77. The van der Waals surface area contributed by atoms with Crippen LogP contribution in [-0.4, -0.2) is 24.1 Å². The number of methoxy groups -OCH3 is 1. The lowest BCUT2D eigenvalue weighted by molar-refractivity contribution is 0.196. The summed E-state index contributed by atoms with van der Waals surface area (Å²) >= 11 is 0. The Hall–Kier alpha value is -3.53. The van der Waals surface area contributed by atoms with Gasteiger partial charge in [0.2, 0.25) is 0 Å². The normalized spacial score (nSPS) is 17.1. The highest BCUT2D eigenvalue weighted by atomic mass is 16.5. The first-order valence-electron chi connectivity index (χ1n) is 10.8. The molecule has 0 radical (unpaired) electrons. The van der Waals surface area contributed by atoms with Gasteiger partial charge >= 0.3 is 6.03 Å². The Morgan fingerprint density at radius 2 is 1.68 bits per heavy atom. The molecule has 0 spiro atoms. The summed E-state index contributed by atoms with van der Waals surface area (Å²) in [6.45, 7) is 2.70. The number of carbonyl (C=O) groups is 1. The van der Waals surface area contributed by atoms with Gasteiger partial charge in [0.25, 0.3) is 0 Å². The van der Waals surface area contributed by atoms with Crippen LogP contribution in [-0.2, 0) is 6.54 Å². The number of para-hydroxylation sites is 1. The number of amides is 2. The zero-order valence-electron chi connectivity index (χ0n) is 18.0. The molecule has 4 nitrogen and oxygen atoms in total. The highest BCUT2D eigenvalue weighted by Gasteiger charge is 2.32. The predicted octanol–water partition coefficient (Wildman–Crippen LogP) is 6.45. The second-order valence-electron chi connectivity index (χ2n) is 7.77. The Bertz CT molecular complexity index is 1060. The fraction of sp³-hybridized carbons (Fsp3) is 0.222. The molecule has 158 valence electrons. The third-order valence-corrected chi connectivity index (χ3v) is 5.67. The number of hydrogen-bond acceptors (Lipinski definition) is 2. The average molecular weight is 413 g/mol. The minimum absolute atomic E-state index is 0.0315. The topological polar surface area (TPSA) is 41.6 Å². The number of fused-ring (bicyclic) bond motifs is 1. The molecule has 1 aliphatic heterocycles. The van der Waals surface area contributed by atoms with Gasteiger partial charge in [-0.1, -0.05) is 74.0 Å². The number of nitrogens with zero attached hydrogens (tertiary/aromatic N) is 1. The van der Waals surface area contributed by atoms with E-state index in [1.165, 1.54) is 0 Å². The average Bonchev–Trinajstić information content (AvgIpc) is 2.91. The number of rotatable bonds is 6. The van der Waals surface area contributed by atoms with E-state index in [9.17, 15) is 4.79 Å². The van der Waals surface area contributed by atoms with Crippen LogP contribution in [0.2, 0.25) is 0 Å². The molecular formula is C27H28N2O2. The van der Waals surface area contributed by atoms with Gasteiger partial charge in [-0.05, 0) is 47.4 Å². The summed E-state index contributed by atoms with van der Waals surface area (Å²) in [5, 5.41) is 3.14. The van der Waals surface area contributed by atoms with Crippen LogP contribution in [0, 0.1) is 0 Å². The quantitative estimate of drug-likeness (QED) is 0.505.